The lowest BCUT2D eigenvalue weighted by Gasteiger charge is -2.19. The first kappa shape index (κ1) is 20.2. The van der Waals surface area contributed by atoms with Crippen LogP contribution in [0.25, 0.3) is 0 Å². The predicted octanol–water partition coefficient (Wildman–Crippen LogP) is 3.85. The molecule has 0 spiro atoms. The molecule has 2 rings (SSSR count). The van der Waals surface area contributed by atoms with E-state index in [2.05, 4.69) is 0 Å². The summed E-state index contributed by atoms with van der Waals surface area (Å²) in [6.07, 6.45) is -4.98. The molecule has 4 nitrogen and oxygen atoms in total. The van der Waals surface area contributed by atoms with Crippen molar-refractivity contribution in [2.75, 3.05) is 20.2 Å². The van der Waals surface area contributed by atoms with E-state index in [4.69, 9.17) is 4.74 Å². The van der Waals surface area contributed by atoms with Crippen molar-refractivity contribution in [1.29, 1.82) is 0 Å². The van der Waals surface area contributed by atoms with Crippen LogP contribution >= 0.6 is 0 Å². The number of hydrogen-bond acceptors (Lipinski definition) is 3. The van der Waals surface area contributed by atoms with Gasteiger partial charge in [-0.15, -0.1) is 0 Å². The highest BCUT2D eigenvalue weighted by molar-refractivity contribution is 7.89. The van der Waals surface area contributed by atoms with Crippen LogP contribution in [0.1, 0.15) is 11.1 Å². The number of likely N-dealkylation sites (N-methyl/N-ethyl adjacent to an activating group) is 1. The monoisotopic (exact) mass is 391 g/mol. The molecule has 2 aromatic rings. The van der Waals surface area contributed by atoms with Gasteiger partial charge in [-0.2, -0.15) is 17.5 Å². The molecule has 0 saturated carbocycles. The molecule has 0 N–H and O–H groups in total. The second-order valence-electron chi connectivity index (χ2n) is 5.58. The third-order valence-electron chi connectivity index (χ3n) is 3.71. The Morgan fingerprint density at radius 3 is 2.38 bits per heavy atom. The van der Waals surface area contributed by atoms with E-state index in [0.29, 0.717) is 17.9 Å². The zero-order chi connectivity index (χ0) is 19.5. The van der Waals surface area contributed by atoms with Crippen LogP contribution in [0.5, 0.6) is 5.75 Å². The molecular formula is C17H17F4NO3S. The normalized spacial score (nSPS) is 12.4. The number of sulfonamides is 1. The summed E-state index contributed by atoms with van der Waals surface area (Å²) in [5, 5.41) is 0. The van der Waals surface area contributed by atoms with Gasteiger partial charge >= 0.3 is 6.18 Å². The Kier molecular flexibility index (Phi) is 5.92. The molecule has 26 heavy (non-hydrogen) atoms. The zero-order valence-electron chi connectivity index (χ0n) is 14.0. The molecular weight excluding hydrogens is 374 g/mol. The molecule has 0 unspecified atom stereocenters. The van der Waals surface area contributed by atoms with Gasteiger partial charge in [-0.3, -0.25) is 0 Å². The van der Waals surface area contributed by atoms with Crippen LogP contribution in [0, 0.1) is 12.7 Å². The standard InChI is InChI=1S/C17H17F4NO3S/c1-12-5-3-4-6-16(12)25-10-9-22(2)26(23,24)13-7-8-15(18)14(11-13)17(19,20)21/h3-8,11H,9-10H2,1-2H3. The number of hydrogen-bond donors (Lipinski definition) is 0. The molecule has 0 atom stereocenters. The van der Waals surface area contributed by atoms with Gasteiger partial charge in [0.05, 0.1) is 10.5 Å². The fourth-order valence-electron chi connectivity index (χ4n) is 2.18. The summed E-state index contributed by atoms with van der Waals surface area (Å²) in [6.45, 7) is 1.75. The number of ether oxygens (including phenoxy) is 1. The smallest absolute Gasteiger partial charge is 0.419 e. The Bertz CT molecular complexity index is 882. The van der Waals surface area contributed by atoms with Crippen LogP contribution in [-0.4, -0.2) is 32.9 Å². The topological polar surface area (TPSA) is 46.6 Å². The van der Waals surface area contributed by atoms with E-state index in [1.165, 1.54) is 7.05 Å². The summed E-state index contributed by atoms with van der Waals surface area (Å²) in [4.78, 5) is -0.635. The molecule has 0 aliphatic rings. The predicted molar refractivity (Wildman–Crippen MR) is 87.9 cm³/mol. The number of alkyl halides is 3. The maximum absolute atomic E-state index is 13.3. The highest BCUT2D eigenvalue weighted by atomic mass is 32.2. The summed E-state index contributed by atoms with van der Waals surface area (Å²) < 4.78 is 82.8. The van der Waals surface area contributed by atoms with E-state index < -0.39 is 32.5 Å². The molecule has 0 radical (unpaired) electrons. The number of rotatable bonds is 6. The van der Waals surface area contributed by atoms with Gasteiger partial charge in [0.15, 0.2) is 0 Å². The molecule has 2 aromatic carbocycles. The molecule has 9 heteroatoms. The van der Waals surface area contributed by atoms with Crippen molar-refractivity contribution in [3.63, 3.8) is 0 Å². The quantitative estimate of drug-likeness (QED) is 0.703. The maximum Gasteiger partial charge on any atom is 0.419 e. The molecule has 0 heterocycles. The fraction of sp³-hybridized carbons (Fsp3) is 0.294. The van der Waals surface area contributed by atoms with Crippen molar-refractivity contribution in [2.24, 2.45) is 0 Å². The van der Waals surface area contributed by atoms with Gasteiger partial charge in [-0.05, 0) is 36.8 Å². The molecule has 0 saturated heterocycles. The lowest BCUT2D eigenvalue weighted by molar-refractivity contribution is -0.140. The van der Waals surface area contributed by atoms with Gasteiger partial charge in [0.2, 0.25) is 10.0 Å². The third kappa shape index (κ3) is 4.53. The Hall–Kier alpha value is -2.13. The van der Waals surface area contributed by atoms with Crippen LogP contribution in [0.15, 0.2) is 47.4 Å². The first-order valence-corrected chi connectivity index (χ1v) is 8.99. The molecule has 0 fully saturated rings. The fourth-order valence-corrected chi connectivity index (χ4v) is 3.37. The second kappa shape index (κ2) is 7.63. The Balaban J connectivity index is 2.13. The van der Waals surface area contributed by atoms with E-state index in [0.717, 1.165) is 15.9 Å². The molecule has 142 valence electrons. The van der Waals surface area contributed by atoms with Crippen molar-refractivity contribution in [2.45, 2.75) is 18.0 Å². The molecule has 0 aliphatic heterocycles. The molecule has 0 amide bonds. The molecule has 0 aliphatic carbocycles. The first-order chi connectivity index (χ1) is 12.0. The van der Waals surface area contributed by atoms with E-state index in [1.807, 2.05) is 19.1 Å². The van der Waals surface area contributed by atoms with Crippen LogP contribution < -0.4 is 4.74 Å². The minimum absolute atomic E-state index is 0.00784. The number of benzene rings is 2. The number of nitrogens with zero attached hydrogens (tertiary/aromatic N) is 1. The van der Waals surface area contributed by atoms with Crippen LogP contribution in [0.3, 0.4) is 0 Å². The first-order valence-electron chi connectivity index (χ1n) is 7.55. The van der Waals surface area contributed by atoms with Crippen molar-refractivity contribution in [3.8, 4) is 5.75 Å². The Labute approximate surface area is 149 Å². The molecule has 0 bridgehead atoms. The minimum atomic E-state index is -4.98. The van der Waals surface area contributed by atoms with Crippen molar-refractivity contribution in [1.82, 2.24) is 4.31 Å². The van der Waals surface area contributed by atoms with E-state index >= 15 is 0 Å². The lowest BCUT2D eigenvalue weighted by atomic mass is 10.2. The Morgan fingerprint density at radius 2 is 1.77 bits per heavy atom. The maximum atomic E-state index is 13.3. The van der Waals surface area contributed by atoms with Gasteiger partial charge < -0.3 is 4.74 Å². The van der Waals surface area contributed by atoms with Crippen molar-refractivity contribution < 1.29 is 30.7 Å². The van der Waals surface area contributed by atoms with E-state index in [9.17, 15) is 26.0 Å². The van der Waals surface area contributed by atoms with Gasteiger partial charge in [-0.1, -0.05) is 18.2 Å². The Morgan fingerprint density at radius 1 is 1.12 bits per heavy atom. The van der Waals surface area contributed by atoms with Crippen molar-refractivity contribution in [3.05, 3.63) is 59.4 Å². The van der Waals surface area contributed by atoms with Gasteiger partial charge in [0, 0.05) is 13.6 Å². The van der Waals surface area contributed by atoms with E-state index in [-0.39, 0.29) is 13.2 Å². The van der Waals surface area contributed by atoms with E-state index in [1.54, 1.807) is 12.1 Å². The average molecular weight is 391 g/mol. The van der Waals surface area contributed by atoms with Crippen LogP contribution in [0.4, 0.5) is 17.6 Å². The van der Waals surface area contributed by atoms with Crippen LogP contribution in [-0.2, 0) is 16.2 Å². The number of aryl methyl sites for hydroxylation is 1. The third-order valence-corrected chi connectivity index (χ3v) is 5.56. The van der Waals surface area contributed by atoms with Crippen LogP contribution in [0.2, 0.25) is 0 Å². The highest BCUT2D eigenvalue weighted by Crippen LogP contribution is 2.33. The summed E-state index contributed by atoms with van der Waals surface area (Å²) in [7, 11) is -3.00. The van der Waals surface area contributed by atoms with Crippen molar-refractivity contribution >= 4 is 10.0 Å². The molecule has 0 aromatic heterocycles. The minimum Gasteiger partial charge on any atom is -0.492 e. The average Bonchev–Trinajstić information content (AvgIpc) is 2.55. The summed E-state index contributed by atoms with van der Waals surface area (Å²) >= 11 is 0. The number of para-hydroxylation sites is 1. The van der Waals surface area contributed by atoms with Gasteiger partial charge in [0.1, 0.15) is 18.2 Å². The summed E-state index contributed by atoms with van der Waals surface area (Å²) in [5.74, 6) is -0.943. The second-order valence-corrected chi connectivity index (χ2v) is 7.62. The SMILES string of the molecule is Cc1ccccc1OCCN(C)S(=O)(=O)c1ccc(F)c(C(F)(F)F)c1. The van der Waals surface area contributed by atoms with Gasteiger partial charge in [0.25, 0.3) is 0 Å². The zero-order valence-corrected chi connectivity index (χ0v) is 14.9. The summed E-state index contributed by atoms with van der Waals surface area (Å²) in [6, 6.07) is 8.73. The highest BCUT2D eigenvalue weighted by Gasteiger charge is 2.35. The summed E-state index contributed by atoms with van der Waals surface area (Å²) in [5.41, 5.74) is -0.755. The number of halogens is 4. The lowest BCUT2D eigenvalue weighted by Crippen LogP contribution is -2.31. The van der Waals surface area contributed by atoms with Gasteiger partial charge in [-0.25, -0.2) is 12.8 Å². The largest absolute Gasteiger partial charge is 0.492 e.